The Labute approximate surface area is 121 Å². The van der Waals surface area contributed by atoms with E-state index < -0.39 is 5.97 Å². The van der Waals surface area contributed by atoms with E-state index in [0.717, 1.165) is 5.56 Å². The second kappa shape index (κ2) is 6.30. The first-order valence-corrected chi connectivity index (χ1v) is 6.26. The van der Waals surface area contributed by atoms with Gasteiger partial charge in [-0.2, -0.15) is 0 Å². The van der Waals surface area contributed by atoms with E-state index in [1.807, 2.05) is 0 Å². The summed E-state index contributed by atoms with van der Waals surface area (Å²) >= 11 is 5.93. The molecule has 0 atom stereocenters. The monoisotopic (exact) mass is 292 g/mol. The van der Waals surface area contributed by atoms with Crippen molar-refractivity contribution in [1.82, 2.24) is 0 Å². The Morgan fingerprint density at radius 3 is 2.75 bits per heavy atom. The van der Waals surface area contributed by atoms with Gasteiger partial charge in [-0.1, -0.05) is 17.7 Å². The summed E-state index contributed by atoms with van der Waals surface area (Å²) < 4.78 is 10.8. The first-order chi connectivity index (χ1) is 9.60. The molecule has 0 bridgehead atoms. The first kappa shape index (κ1) is 14.2. The molecule has 0 saturated heterocycles. The molecule has 0 aromatic heterocycles. The number of carbonyl (C=O) groups is 1. The minimum absolute atomic E-state index is 0.181. The second-order valence-corrected chi connectivity index (χ2v) is 4.51. The van der Waals surface area contributed by atoms with Crippen LogP contribution in [0.1, 0.15) is 15.9 Å². The number of hydrogen-bond donors (Lipinski definition) is 1. The van der Waals surface area contributed by atoms with Gasteiger partial charge in [-0.15, -0.1) is 0 Å². The van der Waals surface area contributed by atoms with Crippen molar-refractivity contribution < 1.29 is 19.4 Å². The molecule has 0 aliphatic heterocycles. The van der Waals surface area contributed by atoms with Crippen molar-refractivity contribution in [2.24, 2.45) is 0 Å². The Morgan fingerprint density at radius 1 is 1.25 bits per heavy atom. The fraction of sp³-hybridized carbons (Fsp3) is 0.133. The number of benzene rings is 2. The van der Waals surface area contributed by atoms with E-state index >= 15 is 0 Å². The van der Waals surface area contributed by atoms with Gasteiger partial charge in [0.1, 0.15) is 18.1 Å². The summed E-state index contributed by atoms with van der Waals surface area (Å²) in [5.74, 6) is 0.159. The molecule has 0 amide bonds. The van der Waals surface area contributed by atoms with E-state index in [4.69, 9.17) is 26.2 Å². The van der Waals surface area contributed by atoms with Crippen molar-refractivity contribution in [2.45, 2.75) is 6.61 Å². The summed E-state index contributed by atoms with van der Waals surface area (Å²) in [5.41, 5.74) is 0.973. The Hall–Kier alpha value is -2.20. The number of rotatable bonds is 5. The van der Waals surface area contributed by atoms with E-state index in [1.165, 1.54) is 12.1 Å². The van der Waals surface area contributed by atoms with Gasteiger partial charge in [-0.05, 0) is 36.4 Å². The third kappa shape index (κ3) is 3.42. The van der Waals surface area contributed by atoms with E-state index in [0.29, 0.717) is 16.5 Å². The van der Waals surface area contributed by atoms with Gasteiger partial charge in [-0.3, -0.25) is 0 Å². The van der Waals surface area contributed by atoms with Crippen LogP contribution in [0.15, 0.2) is 42.5 Å². The van der Waals surface area contributed by atoms with Crippen LogP contribution in [-0.2, 0) is 6.61 Å². The van der Waals surface area contributed by atoms with Crippen molar-refractivity contribution in [3.05, 3.63) is 58.6 Å². The van der Waals surface area contributed by atoms with Crippen LogP contribution < -0.4 is 9.47 Å². The summed E-state index contributed by atoms with van der Waals surface area (Å²) in [6, 6.07) is 11.6. The minimum Gasteiger partial charge on any atom is -0.496 e. The number of halogens is 1. The molecule has 0 aliphatic carbocycles. The smallest absolute Gasteiger partial charge is 0.335 e. The quantitative estimate of drug-likeness (QED) is 0.914. The van der Waals surface area contributed by atoms with Crippen LogP contribution in [0.5, 0.6) is 11.5 Å². The molecule has 20 heavy (non-hydrogen) atoms. The molecular formula is C15H13ClO4. The van der Waals surface area contributed by atoms with Gasteiger partial charge in [0.2, 0.25) is 0 Å². The lowest BCUT2D eigenvalue weighted by molar-refractivity contribution is 0.0696. The van der Waals surface area contributed by atoms with E-state index in [1.54, 1.807) is 37.4 Å². The summed E-state index contributed by atoms with van der Waals surface area (Å²) in [7, 11) is 1.57. The summed E-state index contributed by atoms with van der Waals surface area (Å²) in [4.78, 5) is 10.9. The Balaban J connectivity index is 2.14. The maximum Gasteiger partial charge on any atom is 0.335 e. The molecule has 0 radical (unpaired) electrons. The van der Waals surface area contributed by atoms with Gasteiger partial charge in [0, 0.05) is 10.6 Å². The lowest BCUT2D eigenvalue weighted by Crippen LogP contribution is -2.00. The van der Waals surface area contributed by atoms with Crippen LogP contribution in [0.4, 0.5) is 0 Å². The fourth-order valence-corrected chi connectivity index (χ4v) is 1.93. The molecule has 0 spiro atoms. The molecule has 104 valence electrons. The highest BCUT2D eigenvalue weighted by Crippen LogP contribution is 2.24. The van der Waals surface area contributed by atoms with Gasteiger partial charge in [-0.25, -0.2) is 4.79 Å². The number of methoxy groups -OCH3 is 1. The third-order valence-corrected chi connectivity index (χ3v) is 2.95. The molecule has 2 rings (SSSR count). The summed E-state index contributed by atoms with van der Waals surface area (Å²) in [6.45, 7) is 0.243. The first-order valence-electron chi connectivity index (χ1n) is 5.88. The molecule has 0 unspecified atom stereocenters. The van der Waals surface area contributed by atoms with Gasteiger partial charge < -0.3 is 14.6 Å². The number of aromatic carboxylic acids is 1. The minimum atomic E-state index is -0.990. The van der Waals surface area contributed by atoms with Crippen molar-refractivity contribution in [1.29, 1.82) is 0 Å². The summed E-state index contributed by atoms with van der Waals surface area (Å²) in [5, 5.41) is 9.51. The highest BCUT2D eigenvalue weighted by atomic mass is 35.5. The maximum absolute atomic E-state index is 10.9. The van der Waals surface area contributed by atoms with Crippen molar-refractivity contribution in [2.75, 3.05) is 7.11 Å². The summed E-state index contributed by atoms with van der Waals surface area (Å²) in [6.07, 6.45) is 0. The topological polar surface area (TPSA) is 55.8 Å². The van der Waals surface area contributed by atoms with Crippen LogP contribution in [0.25, 0.3) is 0 Å². The molecule has 4 nitrogen and oxygen atoms in total. The zero-order valence-corrected chi connectivity index (χ0v) is 11.6. The molecule has 2 aromatic carbocycles. The number of hydrogen-bond acceptors (Lipinski definition) is 3. The van der Waals surface area contributed by atoms with E-state index in [9.17, 15) is 4.79 Å². The van der Waals surface area contributed by atoms with Gasteiger partial charge in [0.25, 0.3) is 0 Å². The van der Waals surface area contributed by atoms with Crippen molar-refractivity contribution in [3.8, 4) is 11.5 Å². The predicted octanol–water partition coefficient (Wildman–Crippen LogP) is 3.63. The Kier molecular flexibility index (Phi) is 4.48. The Morgan fingerprint density at radius 2 is 2.05 bits per heavy atom. The molecule has 0 fully saturated rings. The van der Waals surface area contributed by atoms with Gasteiger partial charge in [0.15, 0.2) is 0 Å². The maximum atomic E-state index is 10.9. The third-order valence-electron chi connectivity index (χ3n) is 2.72. The zero-order chi connectivity index (χ0) is 14.5. The zero-order valence-electron chi connectivity index (χ0n) is 10.8. The van der Waals surface area contributed by atoms with Crippen LogP contribution in [0.3, 0.4) is 0 Å². The molecule has 0 aliphatic rings. The van der Waals surface area contributed by atoms with Crippen LogP contribution in [0, 0.1) is 0 Å². The number of ether oxygens (including phenoxy) is 2. The lowest BCUT2D eigenvalue weighted by atomic mass is 10.2. The van der Waals surface area contributed by atoms with Crippen LogP contribution in [0.2, 0.25) is 5.02 Å². The number of carboxylic acid groups (broad SMARTS) is 1. The van der Waals surface area contributed by atoms with Gasteiger partial charge >= 0.3 is 5.97 Å². The van der Waals surface area contributed by atoms with E-state index in [2.05, 4.69) is 0 Å². The molecule has 0 saturated carbocycles. The highest BCUT2D eigenvalue weighted by Gasteiger charge is 2.07. The van der Waals surface area contributed by atoms with E-state index in [-0.39, 0.29) is 12.2 Å². The molecule has 0 heterocycles. The fourth-order valence-electron chi connectivity index (χ4n) is 1.74. The largest absolute Gasteiger partial charge is 0.496 e. The average Bonchev–Trinajstić information content (AvgIpc) is 2.45. The second-order valence-electron chi connectivity index (χ2n) is 4.08. The SMILES string of the molecule is COc1ccc(Cl)cc1COc1cccc(C(=O)O)c1. The van der Waals surface area contributed by atoms with Crippen LogP contribution >= 0.6 is 11.6 Å². The van der Waals surface area contributed by atoms with Gasteiger partial charge in [0.05, 0.1) is 12.7 Å². The molecule has 1 N–H and O–H groups in total. The lowest BCUT2D eigenvalue weighted by Gasteiger charge is -2.11. The number of carboxylic acids is 1. The molecule has 5 heteroatoms. The standard InChI is InChI=1S/C15H13ClO4/c1-19-14-6-5-12(16)7-11(14)9-20-13-4-2-3-10(8-13)15(17)18/h2-8H,9H2,1H3,(H,17,18). The predicted molar refractivity (Wildman–Crippen MR) is 75.7 cm³/mol. The molecule has 2 aromatic rings. The van der Waals surface area contributed by atoms with Crippen molar-refractivity contribution >= 4 is 17.6 Å². The van der Waals surface area contributed by atoms with Crippen molar-refractivity contribution in [3.63, 3.8) is 0 Å². The Bertz CT molecular complexity index is 625. The van der Waals surface area contributed by atoms with Crippen LogP contribution in [-0.4, -0.2) is 18.2 Å². The average molecular weight is 293 g/mol. The normalized spacial score (nSPS) is 10.1. The molecular weight excluding hydrogens is 280 g/mol. The highest BCUT2D eigenvalue weighted by molar-refractivity contribution is 6.30.